The molecule has 0 spiro atoms. The molecule has 0 aromatic carbocycles. The average Bonchev–Trinajstić information content (AvgIpc) is 2.57. The first-order valence-corrected chi connectivity index (χ1v) is 4.40. The molecule has 5 nitrogen and oxygen atoms in total. The van der Waals surface area contributed by atoms with Gasteiger partial charge in [0.2, 0.25) is 5.91 Å². The summed E-state index contributed by atoms with van der Waals surface area (Å²) in [7, 11) is 0. The molecule has 0 aromatic rings. The second-order valence-electron chi connectivity index (χ2n) is 3.90. The van der Waals surface area contributed by atoms with Crippen LogP contribution in [0.4, 0.5) is 0 Å². The number of carboxylic acids is 1. The Morgan fingerprint density at radius 1 is 1.79 bits per heavy atom. The Hall–Kier alpha value is -1.36. The number of hydrogen-bond donors (Lipinski definition) is 2. The van der Waals surface area contributed by atoms with Crippen LogP contribution in [0, 0.1) is 5.41 Å². The Morgan fingerprint density at radius 3 is 2.93 bits per heavy atom. The molecule has 0 radical (unpaired) electrons. The third-order valence-corrected chi connectivity index (χ3v) is 3.10. The van der Waals surface area contributed by atoms with Crippen LogP contribution in [0.5, 0.6) is 0 Å². The van der Waals surface area contributed by atoms with Gasteiger partial charge >= 0.3 is 5.97 Å². The number of amides is 1. The third kappa shape index (κ3) is 0.824. The number of nitrogens with zero attached hydrogens (tertiary/aromatic N) is 1. The molecule has 2 unspecified atom stereocenters. The second kappa shape index (κ2) is 2.57. The van der Waals surface area contributed by atoms with Gasteiger partial charge in [0, 0.05) is 0 Å². The molecule has 1 amide bonds. The Balaban J connectivity index is 2.26. The molecule has 0 saturated carbocycles. The zero-order valence-electron chi connectivity index (χ0n) is 7.73. The van der Waals surface area contributed by atoms with Gasteiger partial charge in [0.1, 0.15) is 5.70 Å². The van der Waals surface area contributed by atoms with Crippen molar-refractivity contribution in [1.29, 1.82) is 0 Å². The molecular formula is C9H11NO4. The Bertz CT molecular complexity index is 349. The van der Waals surface area contributed by atoms with Crippen LogP contribution < -0.4 is 0 Å². The van der Waals surface area contributed by atoms with Gasteiger partial charge in [0.15, 0.2) is 0 Å². The molecule has 76 valence electrons. The van der Waals surface area contributed by atoms with Crippen molar-refractivity contribution in [1.82, 2.24) is 4.90 Å². The third-order valence-electron chi connectivity index (χ3n) is 3.10. The molecule has 1 saturated heterocycles. The van der Waals surface area contributed by atoms with Gasteiger partial charge in [-0.2, -0.15) is 0 Å². The van der Waals surface area contributed by atoms with Gasteiger partial charge in [-0.25, -0.2) is 4.79 Å². The van der Waals surface area contributed by atoms with Crippen molar-refractivity contribution < 1.29 is 19.8 Å². The fourth-order valence-electron chi connectivity index (χ4n) is 2.11. The minimum atomic E-state index is -1.08. The Morgan fingerprint density at radius 2 is 2.43 bits per heavy atom. The van der Waals surface area contributed by atoms with Crippen LogP contribution in [0.15, 0.2) is 11.8 Å². The molecule has 14 heavy (non-hydrogen) atoms. The molecule has 0 bridgehead atoms. The van der Waals surface area contributed by atoms with E-state index in [1.165, 1.54) is 11.0 Å². The fraction of sp³-hybridized carbons (Fsp3) is 0.556. The van der Waals surface area contributed by atoms with Crippen LogP contribution in [0.1, 0.15) is 13.3 Å². The highest BCUT2D eigenvalue weighted by Gasteiger charge is 2.60. The maximum Gasteiger partial charge on any atom is 0.352 e. The predicted molar refractivity (Wildman–Crippen MR) is 46.2 cm³/mol. The number of rotatable bonds is 2. The smallest absolute Gasteiger partial charge is 0.352 e. The Labute approximate surface area is 80.6 Å². The maximum atomic E-state index is 11.6. The molecule has 2 heterocycles. The van der Waals surface area contributed by atoms with E-state index in [2.05, 4.69) is 0 Å². The van der Waals surface area contributed by atoms with E-state index in [9.17, 15) is 9.59 Å². The fourth-order valence-corrected chi connectivity index (χ4v) is 2.11. The van der Waals surface area contributed by atoms with Crippen LogP contribution in [0.3, 0.4) is 0 Å². The molecule has 0 aromatic heterocycles. The first kappa shape index (κ1) is 9.21. The van der Waals surface area contributed by atoms with Crippen molar-refractivity contribution in [2.75, 3.05) is 6.61 Å². The summed E-state index contributed by atoms with van der Waals surface area (Å²) in [5.74, 6) is -1.38. The van der Waals surface area contributed by atoms with Gasteiger partial charge in [-0.05, 0) is 13.3 Å². The molecule has 1 fully saturated rings. The highest BCUT2D eigenvalue weighted by Crippen LogP contribution is 2.46. The number of β-lactam (4-membered cyclic amide) rings is 1. The van der Waals surface area contributed by atoms with Gasteiger partial charge in [-0.1, -0.05) is 6.08 Å². The normalized spacial score (nSPS) is 35.0. The molecule has 5 heteroatoms. The lowest BCUT2D eigenvalue weighted by atomic mass is 9.73. The highest BCUT2D eigenvalue weighted by atomic mass is 16.4. The molecule has 2 aliphatic heterocycles. The van der Waals surface area contributed by atoms with Crippen molar-refractivity contribution in [2.24, 2.45) is 5.41 Å². The quantitative estimate of drug-likeness (QED) is 0.589. The zero-order chi connectivity index (χ0) is 10.5. The number of fused-ring (bicyclic) bond motifs is 1. The number of aliphatic hydroxyl groups is 1. The van der Waals surface area contributed by atoms with Gasteiger partial charge in [-0.15, -0.1) is 0 Å². The van der Waals surface area contributed by atoms with Gasteiger partial charge < -0.3 is 15.1 Å². The standard InChI is InChI=1S/C9H11NO4/c1-9(4-11)6-3-2-5(7(12)13)10(6)8(9)14/h2,6,11H,3-4H2,1H3,(H,12,13). The minimum absolute atomic E-state index is 0.0472. The number of carbonyl (C=O) groups excluding carboxylic acids is 1. The lowest BCUT2D eigenvalue weighted by Crippen LogP contribution is -2.67. The van der Waals surface area contributed by atoms with Crippen LogP contribution in [-0.2, 0) is 9.59 Å². The van der Waals surface area contributed by atoms with E-state index in [1.807, 2.05) is 0 Å². The Kier molecular flexibility index (Phi) is 1.69. The second-order valence-corrected chi connectivity index (χ2v) is 3.90. The molecule has 2 aliphatic rings. The van der Waals surface area contributed by atoms with E-state index in [-0.39, 0.29) is 24.3 Å². The number of aliphatic hydroxyl groups excluding tert-OH is 1. The molecule has 2 N–H and O–H groups in total. The van der Waals surface area contributed by atoms with E-state index in [1.54, 1.807) is 6.92 Å². The zero-order valence-corrected chi connectivity index (χ0v) is 7.73. The largest absolute Gasteiger partial charge is 0.477 e. The van der Waals surface area contributed by atoms with E-state index in [4.69, 9.17) is 10.2 Å². The van der Waals surface area contributed by atoms with Crippen molar-refractivity contribution >= 4 is 11.9 Å². The average molecular weight is 197 g/mol. The summed E-state index contributed by atoms with van der Waals surface area (Å²) in [6.45, 7) is 1.43. The molecule has 0 aliphatic carbocycles. The first-order valence-electron chi connectivity index (χ1n) is 4.40. The number of carbonyl (C=O) groups is 2. The van der Waals surface area contributed by atoms with Gasteiger partial charge in [0.05, 0.1) is 18.1 Å². The molecule has 2 atom stereocenters. The summed E-state index contributed by atoms with van der Waals surface area (Å²) in [5.41, 5.74) is -0.737. The highest BCUT2D eigenvalue weighted by molar-refractivity contribution is 6.00. The first-order chi connectivity index (χ1) is 6.52. The van der Waals surface area contributed by atoms with Crippen LogP contribution >= 0.6 is 0 Å². The SMILES string of the molecule is CC1(CO)C(=O)N2C(C(=O)O)=CCC21. The molecule has 2 rings (SSSR count). The minimum Gasteiger partial charge on any atom is -0.477 e. The summed E-state index contributed by atoms with van der Waals surface area (Å²) in [6, 6.07) is -0.175. The topological polar surface area (TPSA) is 77.8 Å². The summed E-state index contributed by atoms with van der Waals surface area (Å²) in [6.07, 6.45) is 2.05. The number of aliphatic carboxylic acids is 1. The van der Waals surface area contributed by atoms with Crippen molar-refractivity contribution in [3.05, 3.63) is 11.8 Å². The van der Waals surface area contributed by atoms with E-state index in [0.717, 1.165) is 0 Å². The monoisotopic (exact) mass is 197 g/mol. The van der Waals surface area contributed by atoms with E-state index >= 15 is 0 Å². The summed E-state index contributed by atoms with van der Waals surface area (Å²) in [5, 5.41) is 17.8. The van der Waals surface area contributed by atoms with E-state index in [0.29, 0.717) is 6.42 Å². The van der Waals surface area contributed by atoms with Crippen LogP contribution in [-0.4, -0.2) is 39.6 Å². The predicted octanol–water partition coefficient (Wildman–Crippen LogP) is -0.432. The summed E-state index contributed by atoms with van der Waals surface area (Å²) >= 11 is 0. The number of carboxylic acid groups (broad SMARTS) is 1. The lowest BCUT2D eigenvalue weighted by Gasteiger charge is -2.50. The van der Waals surface area contributed by atoms with E-state index < -0.39 is 11.4 Å². The van der Waals surface area contributed by atoms with Crippen molar-refractivity contribution in [2.45, 2.75) is 19.4 Å². The van der Waals surface area contributed by atoms with Crippen molar-refractivity contribution in [3.63, 3.8) is 0 Å². The van der Waals surface area contributed by atoms with Crippen LogP contribution in [0.25, 0.3) is 0 Å². The molecular weight excluding hydrogens is 186 g/mol. The lowest BCUT2D eigenvalue weighted by molar-refractivity contribution is -0.170. The maximum absolute atomic E-state index is 11.6. The van der Waals surface area contributed by atoms with Crippen LogP contribution in [0.2, 0.25) is 0 Å². The summed E-state index contributed by atoms with van der Waals surface area (Å²) in [4.78, 5) is 23.5. The van der Waals surface area contributed by atoms with Crippen molar-refractivity contribution in [3.8, 4) is 0 Å². The van der Waals surface area contributed by atoms with Gasteiger partial charge in [-0.3, -0.25) is 4.79 Å². The number of hydrogen-bond acceptors (Lipinski definition) is 3. The van der Waals surface area contributed by atoms with Gasteiger partial charge in [0.25, 0.3) is 0 Å². The summed E-state index contributed by atoms with van der Waals surface area (Å²) < 4.78 is 0.